The first-order valence-corrected chi connectivity index (χ1v) is 7.22. The molecule has 0 aliphatic rings. The van der Waals surface area contributed by atoms with E-state index in [1.54, 1.807) is 6.92 Å². The maximum absolute atomic E-state index is 11.4. The molecule has 0 spiro atoms. The molecule has 2 N–H and O–H groups in total. The van der Waals surface area contributed by atoms with Crippen LogP contribution in [0.25, 0.3) is 0 Å². The van der Waals surface area contributed by atoms with Crippen LogP contribution in [0.15, 0.2) is 26.3 Å². The van der Waals surface area contributed by atoms with Gasteiger partial charge >= 0.3 is 0 Å². The number of nitro groups is 1. The Hall–Kier alpha value is -1.71. The third kappa shape index (κ3) is 3.24. The molecule has 0 aromatic carbocycles. The lowest BCUT2D eigenvalue weighted by molar-refractivity contribution is -0.387. The van der Waals surface area contributed by atoms with Crippen molar-refractivity contribution in [3.63, 3.8) is 0 Å². The van der Waals surface area contributed by atoms with Crippen molar-refractivity contribution < 1.29 is 10.0 Å². The fourth-order valence-electron chi connectivity index (χ4n) is 1.48. The average molecular weight is 313 g/mol. The number of nitrogens with one attached hydrogen (secondary N) is 1. The molecule has 2 aromatic heterocycles. The van der Waals surface area contributed by atoms with Gasteiger partial charge in [-0.25, -0.2) is 4.98 Å². The highest BCUT2D eigenvalue weighted by Gasteiger charge is 2.22. The Morgan fingerprint density at radius 3 is 2.80 bits per heavy atom. The van der Waals surface area contributed by atoms with Gasteiger partial charge in [0.25, 0.3) is 11.2 Å². The lowest BCUT2D eigenvalue weighted by Gasteiger charge is -1.99. The number of nitrogens with zero attached hydrogens (tertiary/aromatic N) is 2. The zero-order chi connectivity index (χ0) is 14.9. The number of hydrogen-bond donors (Lipinski definition) is 2. The second-order valence-corrected chi connectivity index (χ2v) is 6.39. The van der Waals surface area contributed by atoms with E-state index >= 15 is 0 Å². The average Bonchev–Trinajstić information content (AvgIpc) is 2.71. The van der Waals surface area contributed by atoms with Crippen LogP contribution < -0.4 is 5.56 Å². The van der Waals surface area contributed by atoms with Crippen LogP contribution in [-0.4, -0.2) is 20.0 Å². The molecular weight excluding hydrogens is 302 g/mol. The number of aromatic nitrogens is 2. The molecule has 0 unspecified atom stereocenters. The number of aryl methyl sites for hydroxylation is 1. The van der Waals surface area contributed by atoms with Gasteiger partial charge in [0.05, 0.1) is 11.0 Å². The third-order valence-electron chi connectivity index (χ3n) is 2.34. The highest BCUT2D eigenvalue weighted by atomic mass is 32.2. The molecule has 106 valence electrons. The summed E-state index contributed by atoms with van der Waals surface area (Å²) < 4.78 is 0.375. The molecular formula is C11H11N3O4S2. The largest absolute Gasteiger partial charge is 0.388 e. The van der Waals surface area contributed by atoms with Crippen LogP contribution in [0.3, 0.4) is 0 Å². The SMILES string of the molecule is Cc1cc(=O)[nH]c(Sc2sc([C@H](C)O)cc2[N+](=O)[O-])n1. The minimum Gasteiger partial charge on any atom is -0.388 e. The van der Waals surface area contributed by atoms with Crippen molar-refractivity contribution in [3.8, 4) is 0 Å². The molecule has 2 aromatic rings. The number of aliphatic hydroxyl groups is 1. The van der Waals surface area contributed by atoms with Crippen LogP contribution >= 0.6 is 23.1 Å². The molecule has 1 atom stereocenters. The third-order valence-corrected chi connectivity index (χ3v) is 4.71. The lowest BCUT2D eigenvalue weighted by atomic mass is 10.3. The van der Waals surface area contributed by atoms with E-state index < -0.39 is 11.0 Å². The van der Waals surface area contributed by atoms with Gasteiger partial charge in [-0.2, -0.15) is 0 Å². The molecule has 0 saturated heterocycles. The maximum Gasteiger partial charge on any atom is 0.294 e. The van der Waals surface area contributed by atoms with Crippen molar-refractivity contribution in [2.45, 2.75) is 29.3 Å². The molecule has 9 heteroatoms. The first-order chi connectivity index (χ1) is 9.36. The molecule has 0 bridgehead atoms. The van der Waals surface area contributed by atoms with Gasteiger partial charge in [0.15, 0.2) is 5.16 Å². The number of hydrogen-bond acceptors (Lipinski definition) is 7. The second kappa shape index (κ2) is 5.73. The van der Waals surface area contributed by atoms with Crippen LogP contribution in [0.5, 0.6) is 0 Å². The van der Waals surface area contributed by atoms with Gasteiger partial charge in [0, 0.05) is 22.7 Å². The Bertz CT molecular complexity index is 708. The summed E-state index contributed by atoms with van der Waals surface area (Å²) in [6.45, 7) is 3.21. The van der Waals surface area contributed by atoms with E-state index in [1.165, 1.54) is 19.1 Å². The van der Waals surface area contributed by atoms with E-state index in [0.29, 0.717) is 14.8 Å². The molecule has 7 nitrogen and oxygen atoms in total. The van der Waals surface area contributed by atoms with E-state index in [1.807, 2.05) is 0 Å². The summed E-state index contributed by atoms with van der Waals surface area (Å²) in [5, 5.41) is 20.8. The molecule has 0 amide bonds. The first kappa shape index (κ1) is 14.7. The number of aliphatic hydroxyl groups excluding tert-OH is 1. The quantitative estimate of drug-likeness (QED) is 0.509. The summed E-state index contributed by atoms with van der Waals surface area (Å²) >= 11 is 2.12. The fraction of sp³-hybridized carbons (Fsp3) is 0.273. The summed E-state index contributed by atoms with van der Waals surface area (Å²) in [6.07, 6.45) is -0.780. The summed E-state index contributed by atoms with van der Waals surface area (Å²) in [4.78, 5) is 29.0. The summed E-state index contributed by atoms with van der Waals surface area (Å²) in [5.41, 5.74) is 0.126. The zero-order valence-electron chi connectivity index (χ0n) is 10.6. The Morgan fingerprint density at radius 1 is 1.55 bits per heavy atom. The molecule has 0 fully saturated rings. The van der Waals surface area contributed by atoms with E-state index in [9.17, 15) is 20.0 Å². The minimum absolute atomic E-state index is 0.0972. The lowest BCUT2D eigenvalue weighted by Crippen LogP contribution is -2.07. The molecule has 0 aliphatic heterocycles. The van der Waals surface area contributed by atoms with Crippen molar-refractivity contribution >= 4 is 28.8 Å². The van der Waals surface area contributed by atoms with Gasteiger partial charge in [-0.1, -0.05) is 0 Å². The molecule has 0 aliphatic carbocycles. The number of aromatic amines is 1. The highest BCUT2D eigenvalue weighted by molar-refractivity contribution is 8.01. The standard InChI is InChI=1S/C11H11N3O4S2/c1-5-3-9(16)13-11(12-5)20-10-7(14(17)18)4-8(19-10)6(2)15/h3-4,6,15H,1-2H3,(H,12,13,16)/t6-/m0/s1. The molecule has 2 heterocycles. The maximum atomic E-state index is 11.4. The van der Waals surface area contributed by atoms with Gasteiger partial charge in [0.1, 0.15) is 4.21 Å². The van der Waals surface area contributed by atoms with Crippen LogP contribution in [0.2, 0.25) is 0 Å². The molecule has 0 saturated carbocycles. The van der Waals surface area contributed by atoms with E-state index in [4.69, 9.17) is 0 Å². The van der Waals surface area contributed by atoms with Crippen LogP contribution in [0.4, 0.5) is 5.69 Å². The van der Waals surface area contributed by atoms with Gasteiger partial charge in [0.2, 0.25) is 0 Å². The van der Waals surface area contributed by atoms with Crippen molar-refractivity contribution in [1.29, 1.82) is 0 Å². The molecule has 2 rings (SSSR count). The van der Waals surface area contributed by atoms with Crippen molar-refractivity contribution in [3.05, 3.63) is 43.2 Å². The predicted molar refractivity (Wildman–Crippen MR) is 75.3 cm³/mol. The van der Waals surface area contributed by atoms with Gasteiger partial charge < -0.3 is 10.1 Å². The molecule has 20 heavy (non-hydrogen) atoms. The van der Waals surface area contributed by atoms with Crippen LogP contribution in [0, 0.1) is 17.0 Å². The second-order valence-electron chi connectivity index (χ2n) is 4.05. The Balaban J connectivity index is 2.41. The normalized spacial score (nSPS) is 12.3. The van der Waals surface area contributed by atoms with Crippen molar-refractivity contribution in [2.75, 3.05) is 0 Å². The van der Waals surface area contributed by atoms with E-state index in [-0.39, 0.29) is 16.4 Å². The zero-order valence-corrected chi connectivity index (χ0v) is 12.2. The summed E-state index contributed by atoms with van der Waals surface area (Å²) in [5.74, 6) is 0. The first-order valence-electron chi connectivity index (χ1n) is 5.59. The highest BCUT2D eigenvalue weighted by Crippen LogP contribution is 2.41. The van der Waals surface area contributed by atoms with Crippen LogP contribution in [-0.2, 0) is 0 Å². The smallest absolute Gasteiger partial charge is 0.294 e. The predicted octanol–water partition coefficient (Wildman–Crippen LogP) is 2.25. The topological polar surface area (TPSA) is 109 Å². The summed E-state index contributed by atoms with van der Waals surface area (Å²) in [7, 11) is 0. The number of thiophene rings is 1. The number of H-pyrrole nitrogens is 1. The van der Waals surface area contributed by atoms with Gasteiger partial charge in [-0.3, -0.25) is 14.9 Å². The van der Waals surface area contributed by atoms with Gasteiger partial charge in [-0.05, 0) is 25.6 Å². The van der Waals surface area contributed by atoms with Gasteiger partial charge in [-0.15, -0.1) is 11.3 Å². The summed E-state index contributed by atoms with van der Waals surface area (Å²) in [6, 6.07) is 2.68. The monoisotopic (exact) mass is 313 g/mol. The fourth-order valence-corrected chi connectivity index (χ4v) is 3.72. The van der Waals surface area contributed by atoms with Crippen molar-refractivity contribution in [1.82, 2.24) is 9.97 Å². The van der Waals surface area contributed by atoms with E-state index in [0.717, 1.165) is 23.1 Å². The Morgan fingerprint density at radius 2 is 2.25 bits per heavy atom. The van der Waals surface area contributed by atoms with Crippen molar-refractivity contribution in [2.24, 2.45) is 0 Å². The van der Waals surface area contributed by atoms with E-state index in [2.05, 4.69) is 9.97 Å². The Kier molecular flexibility index (Phi) is 4.21. The van der Waals surface area contributed by atoms with Crippen LogP contribution in [0.1, 0.15) is 23.6 Å². The molecule has 0 radical (unpaired) electrons. The number of rotatable bonds is 4. The Labute approximate surface area is 121 Å². The minimum atomic E-state index is -0.780.